The Balaban J connectivity index is 2.73. The number of hydrogen-bond acceptors (Lipinski definition) is 3. The maximum absolute atomic E-state index is 11.9. The second-order valence-corrected chi connectivity index (χ2v) is 3.34. The average molecular weight is 230 g/mol. The molecule has 0 bridgehead atoms. The molecule has 1 N–H and O–H groups in total. The van der Waals surface area contributed by atoms with E-state index in [0.29, 0.717) is 11.1 Å². The number of nitrogens with one attached hydrogen (secondary N) is 1. The first-order chi connectivity index (χ1) is 7.52. The second-order valence-electron chi connectivity index (χ2n) is 3.34. The summed E-state index contributed by atoms with van der Waals surface area (Å²) >= 11 is 0. The van der Waals surface area contributed by atoms with Gasteiger partial charge in [0.15, 0.2) is 0 Å². The molecular weight excluding hydrogens is 218 g/mol. The lowest BCUT2D eigenvalue weighted by atomic mass is 10.1. The summed E-state index contributed by atoms with van der Waals surface area (Å²) in [5.41, 5.74) is 1.18. The molecular formula is C10H12F2N2O2. The quantitative estimate of drug-likeness (QED) is 0.623. The molecule has 88 valence electrons. The van der Waals surface area contributed by atoms with Gasteiger partial charge in [-0.25, -0.2) is 8.78 Å². The Bertz CT molecular complexity index is 383. The van der Waals surface area contributed by atoms with Gasteiger partial charge in [-0.15, -0.1) is 0 Å². The van der Waals surface area contributed by atoms with E-state index in [9.17, 15) is 18.9 Å². The zero-order valence-electron chi connectivity index (χ0n) is 8.74. The molecule has 16 heavy (non-hydrogen) atoms. The minimum atomic E-state index is -2.42. The van der Waals surface area contributed by atoms with Crippen LogP contribution in [0.25, 0.3) is 0 Å². The van der Waals surface area contributed by atoms with Crippen LogP contribution in [0.2, 0.25) is 0 Å². The summed E-state index contributed by atoms with van der Waals surface area (Å²) in [6.45, 7) is 1.40. The minimum Gasteiger partial charge on any atom is -0.307 e. The van der Waals surface area contributed by atoms with E-state index < -0.39 is 17.9 Å². The number of benzene rings is 1. The molecule has 0 saturated heterocycles. The van der Waals surface area contributed by atoms with Crippen molar-refractivity contribution in [2.24, 2.45) is 0 Å². The number of nitro benzene ring substituents is 1. The molecule has 0 radical (unpaired) electrons. The third-order valence-corrected chi connectivity index (χ3v) is 2.23. The summed E-state index contributed by atoms with van der Waals surface area (Å²) in [7, 11) is 0. The molecule has 1 aromatic carbocycles. The van der Waals surface area contributed by atoms with Gasteiger partial charge in [0.25, 0.3) is 12.1 Å². The van der Waals surface area contributed by atoms with Crippen molar-refractivity contribution in [3.8, 4) is 0 Å². The molecule has 0 saturated carbocycles. The lowest BCUT2D eigenvalue weighted by Crippen LogP contribution is -2.21. The maximum atomic E-state index is 11.9. The van der Waals surface area contributed by atoms with E-state index in [1.165, 1.54) is 6.07 Å². The Morgan fingerprint density at radius 1 is 1.50 bits per heavy atom. The van der Waals surface area contributed by atoms with Crippen LogP contribution in [-0.4, -0.2) is 17.9 Å². The third-order valence-electron chi connectivity index (χ3n) is 2.23. The summed E-state index contributed by atoms with van der Waals surface area (Å²) in [5.74, 6) is 0. The van der Waals surface area contributed by atoms with Crippen LogP contribution in [0.3, 0.4) is 0 Å². The normalized spacial score (nSPS) is 10.8. The van der Waals surface area contributed by atoms with E-state index in [4.69, 9.17) is 0 Å². The molecule has 0 fully saturated rings. The molecule has 4 nitrogen and oxygen atoms in total. The highest BCUT2D eigenvalue weighted by Gasteiger charge is 2.12. The minimum absolute atomic E-state index is 0.0105. The van der Waals surface area contributed by atoms with E-state index in [-0.39, 0.29) is 12.2 Å². The number of halogens is 2. The molecule has 6 heteroatoms. The van der Waals surface area contributed by atoms with Gasteiger partial charge in [-0.3, -0.25) is 10.1 Å². The summed E-state index contributed by atoms with van der Waals surface area (Å²) in [5, 5.41) is 13.2. The number of hydrogen-bond donors (Lipinski definition) is 1. The van der Waals surface area contributed by atoms with Gasteiger partial charge in [0.05, 0.1) is 11.5 Å². The Hall–Kier alpha value is -1.56. The van der Waals surface area contributed by atoms with Crippen molar-refractivity contribution >= 4 is 5.69 Å². The smallest absolute Gasteiger partial charge is 0.272 e. The van der Waals surface area contributed by atoms with Crippen molar-refractivity contribution in [3.05, 3.63) is 39.4 Å². The van der Waals surface area contributed by atoms with Gasteiger partial charge in [-0.2, -0.15) is 0 Å². The van der Waals surface area contributed by atoms with Gasteiger partial charge in [0, 0.05) is 18.2 Å². The van der Waals surface area contributed by atoms with Gasteiger partial charge in [0.1, 0.15) is 0 Å². The van der Waals surface area contributed by atoms with Crippen LogP contribution in [0.1, 0.15) is 11.1 Å². The maximum Gasteiger partial charge on any atom is 0.272 e. The van der Waals surface area contributed by atoms with E-state index >= 15 is 0 Å². The Labute approximate surface area is 91.4 Å². The third kappa shape index (κ3) is 3.23. The highest BCUT2D eigenvalue weighted by molar-refractivity contribution is 5.44. The molecule has 0 amide bonds. The zero-order chi connectivity index (χ0) is 12.1. The van der Waals surface area contributed by atoms with Crippen LogP contribution in [0.5, 0.6) is 0 Å². The van der Waals surface area contributed by atoms with Crippen molar-refractivity contribution < 1.29 is 13.7 Å². The highest BCUT2D eigenvalue weighted by Crippen LogP contribution is 2.20. The van der Waals surface area contributed by atoms with Gasteiger partial charge < -0.3 is 5.32 Å². The fraction of sp³-hybridized carbons (Fsp3) is 0.400. The van der Waals surface area contributed by atoms with E-state index in [2.05, 4.69) is 5.32 Å². The molecule has 1 aromatic rings. The first-order valence-corrected chi connectivity index (χ1v) is 4.74. The number of rotatable bonds is 5. The number of nitro groups is 1. The van der Waals surface area contributed by atoms with Crippen molar-refractivity contribution in [2.75, 3.05) is 6.54 Å². The van der Waals surface area contributed by atoms with Gasteiger partial charge in [0.2, 0.25) is 0 Å². The van der Waals surface area contributed by atoms with Crippen molar-refractivity contribution in [2.45, 2.75) is 19.9 Å². The van der Waals surface area contributed by atoms with Crippen LogP contribution in [0.4, 0.5) is 14.5 Å². The van der Waals surface area contributed by atoms with Gasteiger partial charge in [-0.05, 0) is 12.5 Å². The molecule has 0 unspecified atom stereocenters. The number of alkyl halides is 2. The molecule has 0 aromatic heterocycles. The van der Waals surface area contributed by atoms with Gasteiger partial charge >= 0.3 is 0 Å². The summed E-state index contributed by atoms with van der Waals surface area (Å²) in [6.07, 6.45) is -2.42. The topological polar surface area (TPSA) is 55.2 Å². The van der Waals surface area contributed by atoms with Crippen LogP contribution < -0.4 is 5.32 Å². The summed E-state index contributed by atoms with van der Waals surface area (Å²) in [4.78, 5) is 10.1. The lowest BCUT2D eigenvalue weighted by molar-refractivity contribution is -0.385. The fourth-order valence-electron chi connectivity index (χ4n) is 1.38. The highest BCUT2D eigenvalue weighted by atomic mass is 19.3. The molecule has 0 aliphatic carbocycles. The summed E-state index contributed by atoms with van der Waals surface area (Å²) < 4.78 is 23.7. The van der Waals surface area contributed by atoms with Crippen molar-refractivity contribution in [3.63, 3.8) is 0 Å². The standard InChI is InChI=1S/C10H12F2N2O2/c1-7-8(5-13-6-10(11)12)3-2-4-9(7)14(15)16/h2-4,10,13H,5-6H2,1H3. The fourth-order valence-corrected chi connectivity index (χ4v) is 1.38. The molecule has 0 heterocycles. The largest absolute Gasteiger partial charge is 0.307 e. The van der Waals surface area contributed by atoms with E-state index in [1.807, 2.05) is 0 Å². The predicted octanol–water partition coefficient (Wildman–Crippen LogP) is 2.26. The molecule has 0 atom stereocenters. The Morgan fingerprint density at radius 3 is 2.75 bits per heavy atom. The number of nitrogens with zero attached hydrogens (tertiary/aromatic N) is 1. The monoisotopic (exact) mass is 230 g/mol. The predicted molar refractivity (Wildman–Crippen MR) is 55.5 cm³/mol. The second kappa shape index (κ2) is 5.50. The average Bonchev–Trinajstić information content (AvgIpc) is 2.19. The van der Waals surface area contributed by atoms with Crippen LogP contribution in [-0.2, 0) is 6.54 Å². The zero-order valence-corrected chi connectivity index (χ0v) is 8.74. The van der Waals surface area contributed by atoms with E-state index in [0.717, 1.165) is 0 Å². The van der Waals surface area contributed by atoms with Crippen molar-refractivity contribution in [1.29, 1.82) is 0 Å². The van der Waals surface area contributed by atoms with Crippen molar-refractivity contribution in [1.82, 2.24) is 5.32 Å². The molecule has 0 aliphatic heterocycles. The van der Waals surface area contributed by atoms with Gasteiger partial charge in [-0.1, -0.05) is 12.1 Å². The van der Waals surface area contributed by atoms with Crippen LogP contribution in [0, 0.1) is 17.0 Å². The first kappa shape index (κ1) is 12.5. The Morgan fingerprint density at radius 2 is 2.19 bits per heavy atom. The van der Waals surface area contributed by atoms with E-state index in [1.54, 1.807) is 19.1 Å². The molecule has 1 rings (SSSR count). The Kier molecular flexibility index (Phi) is 4.30. The summed E-state index contributed by atoms with van der Waals surface area (Å²) in [6, 6.07) is 4.62. The lowest BCUT2D eigenvalue weighted by Gasteiger charge is -2.07. The first-order valence-electron chi connectivity index (χ1n) is 4.74. The molecule has 0 aliphatic rings. The van der Waals surface area contributed by atoms with Crippen LogP contribution in [0.15, 0.2) is 18.2 Å². The molecule has 0 spiro atoms. The SMILES string of the molecule is Cc1c(CNCC(F)F)cccc1[N+](=O)[O-]. The van der Waals surface area contributed by atoms with Crippen LogP contribution >= 0.6 is 0 Å².